The molecule has 0 unspecified atom stereocenters. The minimum Gasteiger partial charge on any atom is -0.346 e. The summed E-state index contributed by atoms with van der Waals surface area (Å²) in [5, 5.41) is 15.1. The number of nitro benzene ring substituents is 1. The van der Waals surface area contributed by atoms with E-state index in [1.54, 1.807) is 6.07 Å². The van der Waals surface area contributed by atoms with Gasteiger partial charge >= 0.3 is 0 Å². The van der Waals surface area contributed by atoms with E-state index in [0.717, 1.165) is 36.0 Å². The molecule has 2 aromatic rings. The Hall–Kier alpha value is -1.73. The predicted octanol–water partition coefficient (Wildman–Crippen LogP) is 1.61. The number of para-hydroxylation sites is 1. The third kappa shape index (κ3) is 1.91. The highest BCUT2D eigenvalue weighted by Crippen LogP contribution is 2.33. The maximum absolute atomic E-state index is 10.9. The minimum absolute atomic E-state index is 0.0881. The quantitative estimate of drug-likeness (QED) is 0.659. The molecule has 1 N–H and O–H groups in total. The summed E-state index contributed by atoms with van der Waals surface area (Å²) in [6.07, 6.45) is 0. The molecule has 1 aliphatic rings. The van der Waals surface area contributed by atoms with Crippen molar-refractivity contribution in [3.8, 4) is 0 Å². The molecule has 6 nitrogen and oxygen atoms in total. The summed E-state index contributed by atoms with van der Waals surface area (Å²) in [5.41, 5.74) is 0.589. The van der Waals surface area contributed by atoms with Crippen molar-refractivity contribution >= 4 is 32.4 Å². The fraction of sp³-hybridized carbons (Fsp3) is 0.364. The maximum Gasteiger partial charge on any atom is 0.296 e. The van der Waals surface area contributed by atoms with Gasteiger partial charge in [-0.15, -0.1) is 0 Å². The topological polar surface area (TPSA) is 71.3 Å². The molecule has 1 saturated heterocycles. The van der Waals surface area contributed by atoms with Gasteiger partial charge in [-0.05, 0) is 6.07 Å². The Labute approximate surface area is 107 Å². The summed E-state index contributed by atoms with van der Waals surface area (Å²) in [5.74, 6) is 0. The molecule has 0 spiro atoms. The van der Waals surface area contributed by atoms with Crippen LogP contribution in [0.25, 0.3) is 10.2 Å². The Bertz CT molecular complexity index is 592. The van der Waals surface area contributed by atoms with E-state index in [-0.39, 0.29) is 10.6 Å². The fourth-order valence-electron chi connectivity index (χ4n) is 2.06. The van der Waals surface area contributed by atoms with Gasteiger partial charge in [-0.3, -0.25) is 10.1 Å². The molecule has 0 amide bonds. The van der Waals surface area contributed by atoms with Crippen molar-refractivity contribution in [2.24, 2.45) is 0 Å². The van der Waals surface area contributed by atoms with Crippen LogP contribution in [0.15, 0.2) is 18.2 Å². The molecule has 0 atom stereocenters. The SMILES string of the molecule is O=[N+]([O-])c1cccc2sc(N3CCNCC3)nc12. The molecule has 7 heteroatoms. The molecule has 0 bridgehead atoms. The van der Waals surface area contributed by atoms with E-state index in [2.05, 4.69) is 15.2 Å². The first kappa shape index (κ1) is 11.4. The summed E-state index contributed by atoms with van der Waals surface area (Å²) in [4.78, 5) is 17.2. The number of nitro groups is 1. The van der Waals surface area contributed by atoms with E-state index in [9.17, 15) is 10.1 Å². The van der Waals surface area contributed by atoms with Crippen LogP contribution < -0.4 is 10.2 Å². The number of benzene rings is 1. The van der Waals surface area contributed by atoms with Crippen LogP contribution >= 0.6 is 11.3 Å². The first-order valence-electron chi connectivity index (χ1n) is 5.75. The number of fused-ring (bicyclic) bond motifs is 1. The smallest absolute Gasteiger partial charge is 0.296 e. The Kier molecular flexibility index (Phi) is 2.85. The van der Waals surface area contributed by atoms with E-state index in [1.165, 1.54) is 17.4 Å². The lowest BCUT2D eigenvalue weighted by molar-refractivity contribution is -0.383. The number of piperazine rings is 1. The van der Waals surface area contributed by atoms with Gasteiger partial charge in [0, 0.05) is 32.2 Å². The van der Waals surface area contributed by atoms with Gasteiger partial charge in [-0.25, -0.2) is 4.98 Å². The standard InChI is InChI=1S/C11H12N4O2S/c16-15(17)8-2-1-3-9-10(8)13-11(18-9)14-6-4-12-5-7-14/h1-3,12H,4-7H2. The van der Waals surface area contributed by atoms with Crippen molar-refractivity contribution in [2.45, 2.75) is 0 Å². The number of anilines is 1. The molecular weight excluding hydrogens is 252 g/mol. The molecular formula is C11H12N4O2S. The zero-order valence-corrected chi connectivity index (χ0v) is 10.4. The number of aromatic nitrogens is 1. The highest BCUT2D eigenvalue weighted by Gasteiger charge is 2.19. The Morgan fingerprint density at radius 1 is 1.39 bits per heavy atom. The van der Waals surface area contributed by atoms with Gasteiger partial charge in [0.1, 0.15) is 0 Å². The average Bonchev–Trinajstić information content (AvgIpc) is 2.83. The number of hydrogen-bond donors (Lipinski definition) is 1. The van der Waals surface area contributed by atoms with Gasteiger partial charge in [0.25, 0.3) is 5.69 Å². The van der Waals surface area contributed by atoms with Crippen LogP contribution in [0, 0.1) is 10.1 Å². The summed E-state index contributed by atoms with van der Waals surface area (Å²) < 4.78 is 0.873. The summed E-state index contributed by atoms with van der Waals surface area (Å²) in [6.45, 7) is 3.65. The Morgan fingerprint density at radius 2 is 2.17 bits per heavy atom. The molecule has 94 valence electrons. The second kappa shape index (κ2) is 4.51. The van der Waals surface area contributed by atoms with Gasteiger partial charge in [-0.2, -0.15) is 0 Å². The van der Waals surface area contributed by atoms with Gasteiger partial charge < -0.3 is 10.2 Å². The van der Waals surface area contributed by atoms with E-state index >= 15 is 0 Å². The minimum atomic E-state index is -0.371. The number of rotatable bonds is 2. The van der Waals surface area contributed by atoms with Crippen LogP contribution in [0.2, 0.25) is 0 Å². The van der Waals surface area contributed by atoms with E-state index < -0.39 is 0 Å². The zero-order valence-electron chi connectivity index (χ0n) is 9.63. The maximum atomic E-state index is 10.9. The lowest BCUT2D eigenvalue weighted by Crippen LogP contribution is -2.43. The Balaban J connectivity index is 2.04. The molecule has 0 saturated carbocycles. The number of non-ortho nitro benzene ring substituents is 1. The van der Waals surface area contributed by atoms with Crippen LogP contribution in [-0.4, -0.2) is 36.1 Å². The lowest BCUT2D eigenvalue weighted by atomic mass is 10.3. The monoisotopic (exact) mass is 264 g/mol. The number of hydrogen-bond acceptors (Lipinski definition) is 6. The first-order chi connectivity index (χ1) is 8.75. The van der Waals surface area contributed by atoms with Crippen molar-refractivity contribution in [3.05, 3.63) is 28.3 Å². The van der Waals surface area contributed by atoms with Gasteiger partial charge in [0.05, 0.1) is 9.62 Å². The molecule has 0 aliphatic carbocycles. The van der Waals surface area contributed by atoms with Crippen LogP contribution in [0.3, 0.4) is 0 Å². The largest absolute Gasteiger partial charge is 0.346 e. The second-order valence-electron chi connectivity index (χ2n) is 4.11. The molecule has 1 fully saturated rings. The van der Waals surface area contributed by atoms with Crippen molar-refractivity contribution in [1.82, 2.24) is 10.3 Å². The first-order valence-corrected chi connectivity index (χ1v) is 6.57. The number of nitrogens with zero attached hydrogens (tertiary/aromatic N) is 3. The van der Waals surface area contributed by atoms with E-state index in [4.69, 9.17) is 0 Å². The van der Waals surface area contributed by atoms with Crippen molar-refractivity contribution in [2.75, 3.05) is 31.1 Å². The molecule has 1 aromatic carbocycles. The molecule has 3 rings (SSSR count). The number of thiazole rings is 1. The summed E-state index contributed by atoms with van der Waals surface area (Å²) >= 11 is 1.52. The van der Waals surface area contributed by atoms with Crippen LogP contribution in [0.5, 0.6) is 0 Å². The second-order valence-corrected chi connectivity index (χ2v) is 5.12. The van der Waals surface area contributed by atoms with E-state index in [1.807, 2.05) is 6.07 Å². The van der Waals surface area contributed by atoms with Crippen LogP contribution in [-0.2, 0) is 0 Å². The van der Waals surface area contributed by atoms with Crippen molar-refractivity contribution in [3.63, 3.8) is 0 Å². The molecule has 2 heterocycles. The summed E-state index contributed by atoms with van der Waals surface area (Å²) in [6, 6.07) is 5.09. The predicted molar refractivity (Wildman–Crippen MR) is 71.4 cm³/mol. The van der Waals surface area contributed by atoms with Gasteiger partial charge in [-0.1, -0.05) is 17.4 Å². The lowest BCUT2D eigenvalue weighted by Gasteiger charge is -2.26. The third-order valence-electron chi connectivity index (χ3n) is 2.97. The molecule has 0 radical (unpaired) electrons. The molecule has 1 aromatic heterocycles. The Morgan fingerprint density at radius 3 is 2.89 bits per heavy atom. The van der Waals surface area contributed by atoms with Crippen molar-refractivity contribution in [1.29, 1.82) is 0 Å². The molecule has 1 aliphatic heterocycles. The normalized spacial score (nSPS) is 16.1. The average molecular weight is 264 g/mol. The van der Waals surface area contributed by atoms with Crippen molar-refractivity contribution < 1.29 is 4.92 Å². The fourth-order valence-corrected chi connectivity index (χ4v) is 3.10. The van der Waals surface area contributed by atoms with Gasteiger partial charge in [0.15, 0.2) is 10.6 Å². The molecule has 18 heavy (non-hydrogen) atoms. The zero-order chi connectivity index (χ0) is 12.5. The highest BCUT2D eigenvalue weighted by molar-refractivity contribution is 7.22. The highest BCUT2D eigenvalue weighted by atomic mass is 32.1. The summed E-state index contributed by atoms with van der Waals surface area (Å²) in [7, 11) is 0. The number of nitrogens with one attached hydrogen (secondary N) is 1. The van der Waals surface area contributed by atoms with E-state index in [0.29, 0.717) is 5.52 Å². The van der Waals surface area contributed by atoms with Crippen LogP contribution in [0.1, 0.15) is 0 Å². The van der Waals surface area contributed by atoms with Gasteiger partial charge in [0.2, 0.25) is 0 Å². The van der Waals surface area contributed by atoms with Crippen LogP contribution in [0.4, 0.5) is 10.8 Å². The third-order valence-corrected chi connectivity index (χ3v) is 4.05.